The van der Waals surface area contributed by atoms with Gasteiger partial charge in [-0.3, -0.25) is 4.79 Å². The van der Waals surface area contributed by atoms with E-state index in [4.69, 9.17) is 10.8 Å². The maximum Gasteiger partial charge on any atom is 0.237 e. The average Bonchev–Trinajstić information content (AvgIpc) is 2.23. The summed E-state index contributed by atoms with van der Waals surface area (Å²) in [4.78, 5) is 11.6. The van der Waals surface area contributed by atoms with Crippen LogP contribution in [0.25, 0.3) is 0 Å². The largest absolute Gasteiger partial charge is 0.396 e. The molecule has 17 heavy (non-hydrogen) atoms. The van der Waals surface area contributed by atoms with Crippen molar-refractivity contribution in [2.45, 2.75) is 32.4 Å². The first-order chi connectivity index (χ1) is 7.67. The van der Waals surface area contributed by atoms with E-state index < -0.39 is 15.9 Å². The summed E-state index contributed by atoms with van der Waals surface area (Å²) in [7, 11) is -3.10. The smallest absolute Gasteiger partial charge is 0.237 e. The van der Waals surface area contributed by atoms with Gasteiger partial charge in [0.05, 0.1) is 11.8 Å². The number of rotatable bonds is 7. The molecule has 0 aliphatic carbocycles. The number of carbonyl (C=O) groups is 1. The summed E-state index contributed by atoms with van der Waals surface area (Å²) in [5, 5.41) is 11.6. The van der Waals surface area contributed by atoms with Crippen LogP contribution >= 0.6 is 0 Å². The van der Waals surface area contributed by atoms with Crippen molar-refractivity contribution < 1.29 is 18.3 Å². The first kappa shape index (κ1) is 16.3. The molecule has 0 radical (unpaired) electrons. The van der Waals surface area contributed by atoms with E-state index in [1.54, 1.807) is 13.8 Å². The predicted molar refractivity (Wildman–Crippen MR) is 66.2 cm³/mol. The van der Waals surface area contributed by atoms with Crippen molar-refractivity contribution in [3.8, 4) is 0 Å². The second-order valence-electron chi connectivity index (χ2n) is 4.48. The molecule has 0 aliphatic heterocycles. The van der Waals surface area contributed by atoms with Crippen molar-refractivity contribution >= 4 is 15.7 Å². The van der Waals surface area contributed by atoms with Crippen LogP contribution in [0.15, 0.2) is 0 Å². The lowest BCUT2D eigenvalue weighted by Crippen LogP contribution is -2.47. The Kier molecular flexibility index (Phi) is 6.66. The Balaban J connectivity index is 4.14. The zero-order valence-corrected chi connectivity index (χ0v) is 11.3. The normalized spacial score (nSPS) is 17.2. The minimum atomic E-state index is -3.10. The molecule has 0 aromatic carbocycles. The zero-order chi connectivity index (χ0) is 13.6. The van der Waals surface area contributed by atoms with E-state index >= 15 is 0 Å². The van der Waals surface area contributed by atoms with Gasteiger partial charge in [-0.25, -0.2) is 8.42 Å². The van der Waals surface area contributed by atoms with Gasteiger partial charge in [-0.05, 0) is 19.3 Å². The molecule has 0 saturated heterocycles. The van der Waals surface area contributed by atoms with Gasteiger partial charge in [-0.15, -0.1) is 0 Å². The van der Waals surface area contributed by atoms with Gasteiger partial charge in [-0.2, -0.15) is 0 Å². The van der Waals surface area contributed by atoms with Crippen molar-refractivity contribution in [1.29, 1.82) is 0 Å². The second-order valence-corrected chi connectivity index (χ2v) is 6.74. The predicted octanol–water partition coefficient (Wildman–Crippen LogP) is -1.12. The van der Waals surface area contributed by atoms with E-state index in [1.165, 1.54) is 0 Å². The molecule has 3 unspecified atom stereocenters. The van der Waals surface area contributed by atoms with Gasteiger partial charge in [0, 0.05) is 18.9 Å². The Hall–Kier alpha value is -0.660. The summed E-state index contributed by atoms with van der Waals surface area (Å²) in [6.45, 7) is 3.54. The number of amides is 1. The van der Waals surface area contributed by atoms with E-state index in [0.717, 1.165) is 6.26 Å². The molecular formula is C10H22N2O4S. The van der Waals surface area contributed by atoms with Crippen LogP contribution in [-0.4, -0.2) is 50.1 Å². The maximum absolute atomic E-state index is 11.6. The molecule has 102 valence electrons. The lowest BCUT2D eigenvalue weighted by Gasteiger charge is -2.21. The third kappa shape index (κ3) is 7.30. The van der Waals surface area contributed by atoms with E-state index in [-0.39, 0.29) is 36.6 Å². The van der Waals surface area contributed by atoms with Crippen molar-refractivity contribution in [1.82, 2.24) is 5.32 Å². The molecule has 0 bridgehead atoms. The summed E-state index contributed by atoms with van der Waals surface area (Å²) in [5.41, 5.74) is 5.58. The molecule has 0 rings (SSSR count). The lowest BCUT2D eigenvalue weighted by molar-refractivity contribution is -0.123. The molecule has 0 aromatic rings. The summed E-state index contributed by atoms with van der Waals surface area (Å²) < 4.78 is 21.8. The van der Waals surface area contributed by atoms with Crippen molar-refractivity contribution in [3.63, 3.8) is 0 Å². The zero-order valence-electron chi connectivity index (χ0n) is 10.5. The highest BCUT2D eigenvalue weighted by Crippen LogP contribution is 2.02. The van der Waals surface area contributed by atoms with Gasteiger partial charge in [0.1, 0.15) is 9.84 Å². The highest BCUT2D eigenvalue weighted by molar-refractivity contribution is 7.90. The van der Waals surface area contributed by atoms with Crippen LogP contribution in [0.5, 0.6) is 0 Å². The van der Waals surface area contributed by atoms with Crippen LogP contribution in [0, 0.1) is 5.92 Å². The number of nitrogens with two attached hydrogens (primary N) is 1. The fourth-order valence-electron chi connectivity index (χ4n) is 1.10. The van der Waals surface area contributed by atoms with Gasteiger partial charge in [0.25, 0.3) is 0 Å². The molecule has 0 heterocycles. The van der Waals surface area contributed by atoms with Crippen LogP contribution in [0.2, 0.25) is 0 Å². The average molecular weight is 266 g/mol. The number of hydrogen-bond donors (Lipinski definition) is 3. The minimum absolute atomic E-state index is 0.0278. The number of nitrogens with one attached hydrogen (secondary N) is 1. The van der Waals surface area contributed by atoms with Crippen molar-refractivity contribution in [2.75, 3.05) is 18.6 Å². The molecule has 6 nitrogen and oxygen atoms in total. The summed E-state index contributed by atoms with van der Waals surface area (Å²) in [6, 6.07) is -1.03. The monoisotopic (exact) mass is 266 g/mol. The molecule has 0 saturated carbocycles. The second kappa shape index (κ2) is 6.93. The van der Waals surface area contributed by atoms with Gasteiger partial charge >= 0.3 is 0 Å². The quantitative estimate of drug-likeness (QED) is 0.541. The molecule has 4 N–H and O–H groups in total. The molecule has 7 heteroatoms. The molecule has 0 aromatic heterocycles. The van der Waals surface area contributed by atoms with Gasteiger partial charge in [-0.1, -0.05) is 6.92 Å². The Bertz CT molecular complexity index is 342. The fraction of sp³-hybridized carbons (Fsp3) is 0.900. The van der Waals surface area contributed by atoms with Crippen LogP contribution in [-0.2, 0) is 14.6 Å². The molecular weight excluding hydrogens is 244 g/mol. The first-order valence-electron chi connectivity index (χ1n) is 5.52. The minimum Gasteiger partial charge on any atom is -0.396 e. The SMILES string of the molecule is CC(CO)C(C)NC(=O)C(N)CCS(C)(=O)=O. The van der Waals surface area contributed by atoms with Crippen LogP contribution in [0.3, 0.4) is 0 Å². The van der Waals surface area contributed by atoms with E-state index in [2.05, 4.69) is 5.32 Å². The van der Waals surface area contributed by atoms with Crippen molar-refractivity contribution in [2.24, 2.45) is 11.7 Å². The molecule has 0 spiro atoms. The maximum atomic E-state index is 11.6. The Morgan fingerprint density at radius 1 is 1.41 bits per heavy atom. The number of aliphatic hydroxyl groups is 1. The first-order valence-corrected chi connectivity index (χ1v) is 7.58. The highest BCUT2D eigenvalue weighted by Gasteiger charge is 2.19. The van der Waals surface area contributed by atoms with Gasteiger partial charge in [0.2, 0.25) is 5.91 Å². The Morgan fingerprint density at radius 3 is 2.35 bits per heavy atom. The summed E-state index contributed by atoms with van der Waals surface area (Å²) in [6.07, 6.45) is 1.21. The summed E-state index contributed by atoms with van der Waals surface area (Å²) >= 11 is 0. The number of carbonyl (C=O) groups excluding carboxylic acids is 1. The van der Waals surface area contributed by atoms with Crippen LogP contribution < -0.4 is 11.1 Å². The standard InChI is InChI=1S/C10H22N2O4S/c1-7(6-13)8(2)12-10(14)9(11)4-5-17(3,15)16/h7-9,13H,4-6,11H2,1-3H3,(H,12,14). The third-order valence-corrected chi connectivity index (χ3v) is 3.63. The Morgan fingerprint density at radius 2 is 1.94 bits per heavy atom. The van der Waals surface area contributed by atoms with E-state index in [1.807, 2.05) is 0 Å². The van der Waals surface area contributed by atoms with E-state index in [0.29, 0.717) is 0 Å². The molecule has 3 atom stereocenters. The summed E-state index contributed by atoms with van der Waals surface area (Å²) in [5.74, 6) is -0.562. The van der Waals surface area contributed by atoms with Crippen LogP contribution in [0.1, 0.15) is 20.3 Å². The molecule has 0 aliphatic rings. The van der Waals surface area contributed by atoms with E-state index in [9.17, 15) is 13.2 Å². The molecule has 0 fully saturated rings. The number of sulfone groups is 1. The molecule has 1 amide bonds. The Labute approximate surface area is 102 Å². The highest BCUT2D eigenvalue weighted by atomic mass is 32.2. The third-order valence-electron chi connectivity index (χ3n) is 2.65. The van der Waals surface area contributed by atoms with Gasteiger partial charge in [0.15, 0.2) is 0 Å². The van der Waals surface area contributed by atoms with Crippen molar-refractivity contribution in [3.05, 3.63) is 0 Å². The number of hydrogen-bond acceptors (Lipinski definition) is 5. The fourth-order valence-corrected chi connectivity index (χ4v) is 1.79. The topological polar surface area (TPSA) is 109 Å². The van der Waals surface area contributed by atoms with Gasteiger partial charge < -0.3 is 16.2 Å². The lowest BCUT2D eigenvalue weighted by atomic mass is 10.0. The number of aliphatic hydroxyl groups excluding tert-OH is 1. The van der Waals surface area contributed by atoms with Crippen LogP contribution in [0.4, 0.5) is 0 Å².